The molecule has 0 aliphatic heterocycles. The molecule has 0 aliphatic carbocycles. The molecule has 1 heterocycles. The first kappa shape index (κ1) is 10.4. The number of benzene rings is 1. The van der Waals surface area contributed by atoms with Crippen molar-refractivity contribution in [3.63, 3.8) is 0 Å². The van der Waals surface area contributed by atoms with Gasteiger partial charge in [0.2, 0.25) is 5.70 Å². The number of nitrogens with one attached hydrogen (secondary N) is 1. The van der Waals surface area contributed by atoms with Crippen molar-refractivity contribution in [2.75, 3.05) is 0 Å². The third-order valence-corrected chi connectivity index (χ3v) is 2.58. The molecule has 0 atom stereocenters. The molecule has 0 fully saturated rings. The summed E-state index contributed by atoms with van der Waals surface area (Å²) in [5.74, 6) is 0. The third-order valence-electron chi connectivity index (χ3n) is 2.58. The third kappa shape index (κ3) is 1.69. The van der Waals surface area contributed by atoms with Crippen molar-refractivity contribution < 1.29 is 4.92 Å². The minimum Gasteiger partial charge on any atom is -0.358 e. The minimum absolute atomic E-state index is 0.146. The molecule has 1 aromatic heterocycles. The Bertz CT molecular complexity index is 582. The van der Waals surface area contributed by atoms with Crippen LogP contribution < -0.4 is 0 Å². The average molecular weight is 216 g/mol. The highest BCUT2D eigenvalue weighted by atomic mass is 16.6. The maximum absolute atomic E-state index is 10.6. The maximum atomic E-state index is 10.6. The Morgan fingerprint density at radius 3 is 2.81 bits per heavy atom. The van der Waals surface area contributed by atoms with E-state index in [0.29, 0.717) is 0 Å². The molecule has 82 valence electrons. The van der Waals surface area contributed by atoms with Crippen molar-refractivity contribution in [1.82, 2.24) is 4.98 Å². The summed E-state index contributed by atoms with van der Waals surface area (Å²) in [4.78, 5) is 13.4. The molecule has 16 heavy (non-hydrogen) atoms. The van der Waals surface area contributed by atoms with Gasteiger partial charge in [0.15, 0.2) is 0 Å². The summed E-state index contributed by atoms with van der Waals surface area (Å²) in [6, 6.07) is 7.78. The number of hydrogen-bond donors (Lipinski definition) is 1. The van der Waals surface area contributed by atoms with E-state index in [2.05, 4.69) is 4.98 Å². The highest BCUT2D eigenvalue weighted by Gasteiger charge is 2.09. The Morgan fingerprint density at radius 2 is 2.12 bits per heavy atom. The van der Waals surface area contributed by atoms with Gasteiger partial charge in [-0.1, -0.05) is 18.2 Å². The quantitative estimate of drug-likeness (QED) is 0.619. The van der Waals surface area contributed by atoms with Gasteiger partial charge in [-0.25, -0.2) is 0 Å². The molecule has 0 amide bonds. The largest absolute Gasteiger partial charge is 0.358 e. The lowest BCUT2D eigenvalue weighted by Crippen LogP contribution is -1.93. The van der Waals surface area contributed by atoms with E-state index in [-0.39, 0.29) is 10.6 Å². The molecule has 0 saturated carbocycles. The Hall–Kier alpha value is -2.10. The van der Waals surface area contributed by atoms with Crippen LogP contribution in [-0.2, 0) is 0 Å². The van der Waals surface area contributed by atoms with Crippen molar-refractivity contribution in [1.29, 1.82) is 0 Å². The summed E-state index contributed by atoms with van der Waals surface area (Å²) in [7, 11) is 0. The van der Waals surface area contributed by atoms with Crippen LogP contribution >= 0.6 is 0 Å². The molecule has 4 heteroatoms. The first-order valence-electron chi connectivity index (χ1n) is 4.99. The number of hydrogen-bond acceptors (Lipinski definition) is 2. The number of fused-ring (bicyclic) bond motifs is 1. The standard InChI is InChI=1S/C12H12N2O2/c1-8(14(15)16)7-11-9(2)13-12-6-4-3-5-10(11)12/h3-7,13H,1-2H3/b8-7-. The fraction of sp³-hybridized carbons (Fsp3) is 0.167. The summed E-state index contributed by atoms with van der Waals surface area (Å²) in [5, 5.41) is 11.6. The fourth-order valence-corrected chi connectivity index (χ4v) is 1.75. The number of para-hydroxylation sites is 1. The van der Waals surface area contributed by atoms with Crippen LogP contribution in [0.4, 0.5) is 0 Å². The smallest absolute Gasteiger partial charge is 0.243 e. The predicted molar refractivity (Wildman–Crippen MR) is 63.7 cm³/mol. The lowest BCUT2D eigenvalue weighted by atomic mass is 10.1. The number of rotatable bonds is 2. The minimum atomic E-state index is -0.374. The lowest BCUT2D eigenvalue weighted by Gasteiger charge is -1.93. The van der Waals surface area contributed by atoms with Crippen LogP contribution in [0.25, 0.3) is 17.0 Å². The Balaban J connectivity index is 2.64. The zero-order valence-electron chi connectivity index (χ0n) is 9.15. The topological polar surface area (TPSA) is 58.9 Å². The van der Waals surface area contributed by atoms with E-state index in [0.717, 1.165) is 22.2 Å². The van der Waals surface area contributed by atoms with Gasteiger partial charge in [-0.3, -0.25) is 10.1 Å². The Kier molecular flexibility index (Phi) is 2.48. The number of aryl methyl sites for hydroxylation is 1. The van der Waals surface area contributed by atoms with Crippen LogP contribution in [0.15, 0.2) is 30.0 Å². The number of nitrogens with zero attached hydrogens (tertiary/aromatic N) is 1. The molecule has 1 N–H and O–H groups in total. The van der Waals surface area contributed by atoms with Gasteiger partial charge in [0.25, 0.3) is 0 Å². The van der Waals surface area contributed by atoms with Crippen molar-refractivity contribution in [3.05, 3.63) is 51.3 Å². The number of aromatic nitrogens is 1. The molecule has 4 nitrogen and oxygen atoms in total. The van der Waals surface area contributed by atoms with Crippen LogP contribution in [0.1, 0.15) is 18.2 Å². The zero-order valence-corrected chi connectivity index (χ0v) is 9.15. The van der Waals surface area contributed by atoms with E-state index < -0.39 is 0 Å². The van der Waals surface area contributed by atoms with Gasteiger partial charge in [-0.2, -0.15) is 0 Å². The second-order valence-electron chi connectivity index (χ2n) is 3.75. The fourth-order valence-electron chi connectivity index (χ4n) is 1.75. The number of nitro groups is 1. The molecule has 0 unspecified atom stereocenters. The van der Waals surface area contributed by atoms with E-state index in [9.17, 15) is 10.1 Å². The number of allylic oxidation sites excluding steroid dienone is 1. The van der Waals surface area contributed by atoms with Crippen LogP contribution in [0, 0.1) is 17.0 Å². The Morgan fingerprint density at radius 1 is 1.44 bits per heavy atom. The van der Waals surface area contributed by atoms with Crippen LogP contribution in [0.3, 0.4) is 0 Å². The molecule has 1 aromatic carbocycles. The van der Waals surface area contributed by atoms with Crippen LogP contribution in [-0.4, -0.2) is 9.91 Å². The highest BCUT2D eigenvalue weighted by molar-refractivity contribution is 5.90. The second-order valence-corrected chi connectivity index (χ2v) is 3.75. The average Bonchev–Trinajstić information content (AvgIpc) is 2.55. The van der Waals surface area contributed by atoms with Gasteiger partial charge >= 0.3 is 0 Å². The van der Waals surface area contributed by atoms with Gasteiger partial charge in [0, 0.05) is 35.2 Å². The van der Waals surface area contributed by atoms with Gasteiger partial charge < -0.3 is 4.98 Å². The van der Waals surface area contributed by atoms with Gasteiger partial charge in [-0.15, -0.1) is 0 Å². The molecule has 0 bridgehead atoms. The maximum Gasteiger partial charge on any atom is 0.243 e. The Labute approximate surface area is 92.7 Å². The monoisotopic (exact) mass is 216 g/mol. The van der Waals surface area contributed by atoms with Crippen LogP contribution in [0.5, 0.6) is 0 Å². The molecular weight excluding hydrogens is 204 g/mol. The summed E-state index contributed by atoms with van der Waals surface area (Å²) in [5.41, 5.74) is 2.99. The van der Waals surface area contributed by atoms with E-state index >= 15 is 0 Å². The molecule has 0 aliphatic rings. The second kappa shape index (κ2) is 3.81. The van der Waals surface area contributed by atoms with E-state index in [1.54, 1.807) is 6.08 Å². The number of aromatic amines is 1. The summed E-state index contributed by atoms with van der Waals surface area (Å²) >= 11 is 0. The zero-order chi connectivity index (χ0) is 11.7. The van der Waals surface area contributed by atoms with Crippen molar-refractivity contribution >= 4 is 17.0 Å². The molecule has 2 aromatic rings. The van der Waals surface area contributed by atoms with Gasteiger partial charge in [0.1, 0.15) is 0 Å². The van der Waals surface area contributed by atoms with Crippen LogP contribution in [0.2, 0.25) is 0 Å². The van der Waals surface area contributed by atoms with Crippen molar-refractivity contribution in [2.45, 2.75) is 13.8 Å². The first-order chi connectivity index (χ1) is 7.59. The normalized spacial score (nSPS) is 12.0. The molecular formula is C12H12N2O2. The predicted octanol–water partition coefficient (Wildman–Crippen LogP) is 3.11. The SMILES string of the molecule is C/C(=C/c1c(C)[nH]c2ccccc12)[N+](=O)[O-]. The summed E-state index contributed by atoms with van der Waals surface area (Å²) in [6.07, 6.45) is 1.61. The van der Waals surface area contributed by atoms with Gasteiger partial charge in [0.05, 0.1) is 4.92 Å². The van der Waals surface area contributed by atoms with E-state index in [1.165, 1.54) is 6.92 Å². The highest BCUT2D eigenvalue weighted by Crippen LogP contribution is 2.24. The molecule has 0 radical (unpaired) electrons. The summed E-state index contributed by atoms with van der Waals surface area (Å²) < 4.78 is 0. The van der Waals surface area contributed by atoms with E-state index in [1.807, 2.05) is 31.2 Å². The first-order valence-corrected chi connectivity index (χ1v) is 4.99. The molecule has 2 rings (SSSR count). The molecule has 0 spiro atoms. The lowest BCUT2D eigenvalue weighted by molar-refractivity contribution is -0.422. The van der Waals surface area contributed by atoms with Gasteiger partial charge in [-0.05, 0) is 13.0 Å². The van der Waals surface area contributed by atoms with E-state index in [4.69, 9.17) is 0 Å². The van der Waals surface area contributed by atoms with Crippen molar-refractivity contribution in [3.8, 4) is 0 Å². The van der Waals surface area contributed by atoms with Crippen molar-refractivity contribution in [2.24, 2.45) is 0 Å². The number of H-pyrrole nitrogens is 1. The summed E-state index contributed by atoms with van der Waals surface area (Å²) in [6.45, 7) is 3.42. The molecule has 0 saturated heterocycles.